The minimum Gasteiger partial charge on any atom is -0.434 e. The number of halogens is 2. The van der Waals surface area contributed by atoms with E-state index in [0.717, 1.165) is 35.3 Å². The van der Waals surface area contributed by atoms with Crippen LogP contribution in [-0.2, 0) is 19.5 Å². The fraction of sp³-hybridized carbons (Fsp3) is 0.238. The minimum absolute atomic E-state index is 0.221. The molecule has 1 aliphatic heterocycles. The molecule has 0 bridgehead atoms. The molecule has 0 unspecified atom stereocenters. The van der Waals surface area contributed by atoms with E-state index in [1.165, 1.54) is 0 Å². The van der Waals surface area contributed by atoms with E-state index >= 15 is 0 Å². The summed E-state index contributed by atoms with van der Waals surface area (Å²) in [7, 11) is 0. The third-order valence-electron chi connectivity index (χ3n) is 4.76. The second-order valence-electron chi connectivity index (χ2n) is 6.73. The molecule has 0 atom stereocenters. The highest BCUT2D eigenvalue weighted by molar-refractivity contribution is 5.58. The van der Waals surface area contributed by atoms with Crippen LogP contribution in [0.5, 0.6) is 5.75 Å². The highest BCUT2D eigenvalue weighted by atomic mass is 19.3. The van der Waals surface area contributed by atoms with E-state index in [-0.39, 0.29) is 5.75 Å². The first-order valence-electron chi connectivity index (χ1n) is 9.04. The van der Waals surface area contributed by atoms with Crippen LogP contribution in [0, 0.1) is 0 Å². The van der Waals surface area contributed by atoms with Gasteiger partial charge < -0.3 is 10.5 Å². The number of nitrogen functional groups attached to an aromatic ring is 1. The van der Waals surface area contributed by atoms with Crippen molar-refractivity contribution >= 4 is 5.69 Å². The maximum atomic E-state index is 12.6. The molecule has 0 amide bonds. The lowest BCUT2D eigenvalue weighted by atomic mass is 10.1. The molecule has 0 saturated heterocycles. The average Bonchev–Trinajstić information content (AvgIpc) is 2.69. The summed E-state index contributed by atoms with van der Waals surface area (Å²) in [5.74, 6) is 0.904. The van der Waals surface area contributed by atoms with Gasteiger partial charge in [-0.25, -0.2) is 9.97 Å². The number of anilines is 1. The smallest absolute Gasteiger partial charge is 0.387 e. The first-order valence-corrected chi connectivity index (χ1v) is 9.04. The van der Waals surface area contributed by atoms with Crippen LogP contribution in [0.4, 0.5) is 14.5 Å². The van der Waals surface area contributed by atoms with Gasteiger partial charge in [0.05, 0.1) is 5.69 Å². The number of nitrogens with two attached hydrogens (primary N) is 1. The second-order valence-corrected chi connectivity index (χ2v) is 6.73. The predicted molar refractivity (Wildman–Crippen MR) is 103 cm³/mol. The van der Waals surface area contributed by atoms with Crippen LogP contribution in [0.15, 0.2) is 54.7 Å². The summed E-state index contributed by atoms with van der Waals surface area (Å²) in [6.45, 7) is -0.847. The lowest BCUT2D eigenvalue weighted by molar-refractivity contribution is -0.0508. The largest absolute Gasteiger partial charge is 0.434 e. The zero-order valence-electron chi connectivity index (χ0n) is 15.2. The molecule has 1 aliphatic rings. The van der Waals surface area contributed by atoms with Crippen molar-refractivity contribution in [2.75, 3.05) is 12.3 Å². The Kier molecular flexibility index (Phi) is 5.16. The molecule has 28 heavy (non-hydrogen) atoms. The Hall–Kier alpha value is -3.06. The number of benzene rings is 2. The number of fused-ring (bicyclic) bond motifs is 1. The van der Waals surface area contributed by atoms with Crippen LogP contribution in [-0.4, -0.2) is 28.0 Å². The van der Waals surface area contributed by atoms with Gasteiger partial charge in [0.25, 0.3) is 0 Å². The van der Waals surface area contributed by atoms with Gasteiger partial charge in [-0.05, 0) is 30.3 Å². The lowest BCUT2D eigenvalue weighted by Gasteiger charge is -2.28. The molecule has 2 heterocycles. The number of hydrogen-bond donors (Lipinski definition) is 1. The zero-order valence-corrected chi connectivity index (χ0v) is 15.2. The molecular formula is C21H20F2N4O. The van der Waals surface area contributed by atoms with Crippen molar-refractivity contribution in [1.82, 2.24) is 14.9 Å². The van der Waals surface area contributed by atoms with Crippen molar-refractivity contribution in [1.29, 1.82) is 0 Å². The number of aromatic nitrogens is 2. The Morgan fingerprint density at radius 1 is 1.11 bits per heavy atom. The monoisotopic (exact) mass is 382 g/mol. The highest BCUT2D eigenvalue weighted by Crippen LogP contribution is 2.26. The molecule has 4 rings (SSSR count). The van der Waals surface area contributed by atoms with Gasteiger partial charge in [0, 0.05) is 54.6 Å². The zero-order chi connectivity index (χ0) is 19.5. The van der Waals surface area contributed by atoms with Crippen LogP contribution in [0.2, 0.25) is 0 Å². The molecule has 0 aliphatic carbocycles. The van der Waals surface area contributed by atoms with E-state index in [9.17, 15) is 8.78 Å². The molecule has 0 radical (unpaired) electrons. The molecule has 0 spiro atoms. The van der Waals surface area contributed by atoms with Gasteiger partial charge in [-0.1, -0.05) is 18.2 Å². The van der Waals surface area contributed by atoms with Gasteiger partial charge in [-0.15, -0.1) is 0 Å². The Morgan fingerprint density at radius 3 is 2.68 bits per heavy atom. The first kappa shape index (κ1) is 18.3. The van der Waals surface area contributed by atoms with Crippen molar-refractivity contribution < 1.29 is 13.5 Å². The van der Waals surface area contributed by atoms with Crippen molar-refractivity contribution in [3.63, 3.8) is 0 Å². The maximum Gasteiger partial charge on any atom is 0.387 e. The number of para-hydroxylation sites is 1. The van der Waals surface area contributed by atoms with Crippen molar-refractivity contribution in [3.05, 3.63) is 71.5 Å². The van der Waals surface area contributed by atoms with Crippen LogP contribution in [0.1, 0.15) is 16.8 Å². The third-order valence-corrected chi connectivity index (χ3v) is 4.76. The topological polar surface area (TPSA) is 64.3 Å². The number of alkyl halides is 2. The van der Waals surface area contributed by atoms with Crippen LogP contribution in [0.25, 0.3) is 11.4 Å². The number of ether oxygens (including phenoxy) is 1. The minimum atomic E-state index is -2.83. The summed E-state index contributed by atoms with van der Waals surface area (Å²) in [5.41, 5.74) is 10.2. The summed E-state index contributed by atoms with van der Waals surface area (Å²) >= 11 is 0. The Balaban J connectivity index is 1.49. The first-order chi connectivity index (χ1) is 13.6. The Labute approximate surface area is 161 Å². The van der Waals surface area contributed by atoms with E-state index in [0.29, 0.717) is 24.6 Å². The lowest BCUT2D eigenvalue weighted by Crippen LogP contribution is -2.31. The molecule has 144 valence electrons. The molecule has 7 heteroatoms. The highest BCUT2D eigenvalue weighted by Gasteiger charge is 2.20. The summed E-state index contributed by atoms with van der Waals surface area (Å²) in [5, 5.41) is 0. The normalized spacial score (nSPS) is 14.1. The third kappa shape index (κ3) is 4.09. The summed E-state index contributed by atoms with van der Waals surface area (Å²) in [6.07, 6.45) is 2.62. The van der Waals surface area contributed by atoms with Gasteiger partial charge in [0.15, 0.2) is 5.82 Å². The number of nitrogens with zero attached hydrogens (tertiary/aromatic N) is 3. The second kappa shape index (κ2) is 7.90. The molecule has 0 fully saturated rings. The fourth-order valence-corrected chi connectivity index (χ4v) is 3.37. The number of rotatable bonds is 5. The van der Waals surface area contributed by atoms with Gasteiger partial charge in [0.1, 0.15) is 5.75 Å². The van der Waals surface area contributed by atoms with E-state index in [1.807, 2.05) is 42.6 Å². The predicted octanol–water partition coefficient (Wildman–Crippen LogP) is 3.89. The maximum absolute atomic E-state index is 12.6. The van der Waals surface area contributed by atoms with Gasteiger partial charge in [0.2, 0.25) is 0 Å². The van der Waals surface area contributed by atoms with E-state index in [1.54, 1.807) is 12.1 Å². The quantitative estimate of drug-likeness (QED) is 0.679. The van der Waals surface area contributed by atoms with Gasteiger partial charge in [-0.3, -0.25) is 4.90 Å². The molecule has 2 N–H and O–H groups in total. The fourth-order valence-electron chi connectivity index (χ4n) is 3.37. The van der Waals surface area contributed by atoms with Gasteiger partial charge >= 0.3 is 6.61 Å². The summed E-state index contributed by atoms with van der Waals surface area (Å²) in [4.78, 5) is 11.4. The van der Waals surface area contributed by atoms with Crippen LogP contribution in [0.3, 0.4) is 0 Å². The van der Waals surface area contributed by atoms with Crippen molar-refractivity contribution in [2.24, 2.45) is 0 Å². The molecule has 2 aromatic carbocycles. The number of hydrogen-bond acceptors (Lipinski definition) is 5. The van der Waals surface area contributed by atoms with Crippen molar-refractivity contribution in [3.8, 4) is 17.1 Å². The van der Waals surface area contributed by atoms with Gasteiger partial charge in [-0.2, -0.15) is 8.78 Å². The van der Waals surface area contributed by atoms with Crippen molar-refractivity contribution in [2.45, 2.75) is 26.1 Å². The Bertz CT molecular complexity index is 963. The summed E-state index contributed by atoms with van der Waals surface area (Å²) < 4.78 is 29.9. The molecule has 3 aromatic rings. The van der Waals surface area contributed by atoms with Crippen LogP contribution < -0.4 is 10.5 Å². The average molecular weight is 382 g/mol. The SMILES string of the molecule is Nc1ccc(-c2ncc3c(n2)CCN(Cc2ccccc2OC(F)F)C3)cc1. The molecule has 1 aromatic heterocycles. The van der Waals surface area contributed by atoms with E-state index in [2.05, 4.69) is 14.6 Å². The standard InChI is InChI=1S/C21H20F2N4O/c22-21(23)28-19-4-2-1-3-15(19)12-27-10-9-18-16(13-27)11-25-20(26-18)14-5-7-17(24)8-6-14/h1-8,11,21H,9-10,12-13,24H2. The van der Waals surface area contributed by atoms with Crippen LogP contribution >= 0.6 is 0 Å². The molecule has 5 nitrogen and oxygen atoms in total. The molecule has 0 saturated carbocycles. The van der Waals surface area contributed by atoms with E-state index in [4.69, 9.17) is 10.7 Å². The summed E-state index contributed by atoms with van der Waals surface area (Å²) in [6, 6.07) is 14.4. The van der Waals surface area contributed by atoms with E-state index < -0.39 is 6.61 Å². The Morgan fingerprint density at radius 2 is 1.89 bits per heavy atom. The molecular weight excluding hydrogens is 362 g/mol.